The molecule has 0 aliphatic heterocycles. The fourth-order valence-electron chi connectivity index (χ4n) is 1.00. The number of alkyl halides is 3. The average molecular weight is 200 g/mol. The van der Waals surface area contributed by atoms with Gasteiger partial charge in [0.25, 0.3) is 0 Å². The molecular formula is C9H5F3NO. The van der Waals surface area contributed by atoms with E-state index in [-0.39, 0.29) is 11.1 Å². The van der Waals surface area contributed by atoms with Gasteiger partial charge in [-0.25, -0.2) is 5.11 Å². The minimum Gasteiger partial charge on any atom is -0.232 e. The molecule has 0 unspecified atom stereocenters. The number of halogens is 3. The van der Waals surface area contributed by atoms with Crippen molar-refractivity contribution in [1.82, 2.24) is 0 Å². The average Bonchev–Trinajstić information content (AvgIpc) is 2.15. The fourth-order valence-corrected chi connectivity index (χ4v) is 1.00. The summed E-state index contributed by atoms with van der Waals surface area (Å²) in [4.78, 5) is 0. The van der Waals surface area contributed by atoms with Crippen LogP contribution >= 0.6 is 0 Å². The Morgan fingerprint density at radius 1 is 1.29 bits per heavy atom. The van der Waals surface area contributed by atoms with Crippen molar-refractivity contribution in [2.75, 3.05) is 0 Å². The molecule has 0 aliphatic rings. The SMILES string of the molecule is N#Cc1cc(C[O])cc(C(F)(F)F)c1. The van der Waals surface area contributed by atoms with E-state index in [1.807, 2.05) is 0 Å². The Hall–Kier alpha value is -1.54. The second-order valence-corrected chi connectivity index (χ2v) is 2.67. The Morgan fingerprint density at radius 2 is 1.93 bits per heavy atom. The van der Waals surface area contributed by atoms with E-state index in [2.05, 4.69) is 0 Å². The zero-order valence-electron chi connectivity index (χ0n) is 6.93. The topological polar surface area (TPSA) is 43.7 Å². The fraction of sp³-hybridized carbons (Fsp3) is 0.222. The zero-order valence-corrected chi connectivity index (χ0v) is 6.93. The molecule has 0 N–H and O–H groups in total. The Bertz CT molecular complexity index is 379. The monoisotopic (exact) mass is 200 g/mol. The molecule has 73 valence electrons. The molecule has 0 bridgehead atoms. The summed E-state index contributed by atoms with van der Waals surface area (Å²) in [5, 5.41) is 18.8. The van der Waals surface area contributed by atoms with Crippen molar-refractivity contribution in [1.29, 1.82) is 5.26 Å². The lowest BCUT2D eigenvalue weighted by atomic mass is 10.1. The second-order valence-electron chi connectivity index (χ2n) is 2.67. The van der Waals surface area contributed by atoms with E-state index in [1.165, 1.54) is 0 Å². The van der Waals surface area contributed by atoms with Crippen molar-refractivity contribution in [3.8, 4) is 6.07 Å². The van der Waals surface area contributed by atoms with E-state index in [1.54, 1.807) is 6.07 Å². The van der Waals surface area contributed by atoms with Crippen LogP contribution in [0.3, 0.4) is 0 Å². The van der Waals surface area contributed by atoms with Crippen molar-refractivity contribution in [2.24, 2.45) is 0 Å². The third-order valence-corrected chi connectivity index (χ3v) is 1.62. The van der Waals surface area contributed by atoms with Crippen molar-refractivity contribution < 1.29 is 18.3 Å². The predicted octanol–water partition coefficient (Wildman–Crippen LogP) is 2.51. The number of hydrogen-bond acceptors (Lipinski definition) is 1. The molecule has 0 saturated carbocycles. The molecule has 5 heteroatoms. The third kappa shape index (κ3) is 2.24. The Balaban J connectivity index is 3.26. The van der Waals surface area contributed by atoms with Gasteiger partial charge >= 0.3 is 6.18 Å². The van der Waals surface area contributed by atoms with Gasteiger partial charge in [0, 0.05) is 0 Å². The van der Waals surface area contributed by atoms with Gasteiger partial charge in [-0.2, -0.15) is 18.4 Å². The molecule has 1 rings (SSSR count). The summed E-state index contributed by atoms with van der Waals surface area (Å²) in [7, 11) is 0. The quantitative estimate of drug-likeness (QED) is 0.686. The lowest BCUT2D eigenvalue weighted by molar-refractivity contribution is -0.137. The van der Waals surface area contributed by atoms with Crippen LogP contribution in [0, 0.1) is 11.3 Å². The van der Waals surface area contributed by atoms with Crippen molar-refractivity contribution in [3.63, 3.8) is 0 Å². The normalized spacial score (nSPS) is 11.1. The van der Waals surface area contributed by atoms with Crippen molar-refractivity contribution in [2.45, 2.75) is 12.8 Å². The van der Waals surface area contributed by atoms with E-state index < -0.39 is 18.3 Å². The first-order valence-corrected chi connectivity index (χ1v) is 3.66. The van der Waals surface area contributed by atoms with Gasteiger partial charge in [-0.3, -0.25) is 0 Å². The van der Waals surface area contributed by atoms with Crippen molar-refractivity contribution >= 4 is 0 Å². The first-order chi connectivity index (χ1) is 6.47. The van der Waals surface area contributed by atoms with E-state index in [0.717, 1.165) is 18.2 Å². The summed E-state index contributed by atoms with van der Waals surface area (Å²) in [6, 6.07) is 4.21. The van der Waals surface area contributed by atoms with Gasteiger partial charge in [-0.05, 0) is 23.8 Å². The molecule has 1 radical (unpaired) electrons. The highest BCUT2D eigenvalue weighted by Gasteiger charge is 2.31. The number of nitriles is 1. The lowest BCUT2D eigenvalue weighted by Crippen LogP contribution is -2.06. The maximum Gasteiger partial charge on any atom is 0.416 e. The van der Waals surface area contributed by atoms with Crippen LogP contribution in [-0.2, 0) is 17.9 Å². The summed E-state index contributed by atoms with van der Waals surface area (Å²) in [5.74, 6) is 0. The van der Waals surface area contributed by atoms with Crippen LogP contribution in [0.25, 0.3) is 0 Å². The van der Waals surface area contributed by atoms with E-state index in [0.29, 0.717) is 0 Å². The molecule has 1 aromatic rings. The van der Waals surface area contributed by atoms with E-state index in [4.69, 9.17) is 5.26 Å². The Morgan fingerprint density at radius 3 is 2.36 bits per heavy atom. The molecule has 0 saturated heterocycles. The molecule has 14 heavy (non-hydrogen) atoms. The maximum absolute atomic E-state index is 12.2. The molecule has 0 fully saturated rings. The summed E-state index contributed by atoms with van der Waals surface area (Å²) in [6.45, 7) is -0.765. The molecule has 0 spiro atoms. The lowest BCUT2D eigenvalue weighted by Gasteiger charge is -2.07. The highest BCUT2D eigenvalue weighted by molar-refractivity contribution is 5.38. The first-order valence-electron chi connectivity index (χ1n) is 3.66. The van der Waals surface area contributed by atoms with Gasteiger partial charge in [0.2, 0.25) is 0 Å². The molecular weight excluding hydrogens is 195 g/mol. The summed E-state index contributed by atoms with van der Waals surface area (Å²) in [6.07, 6.45) is -4.52. The summed E-state index contributed by atoms with van der Waals surface area (Å²) < 4.78 is 36.6. The van der Waals surface area contributed by atoms with Gasteiger partial charge in [-0.15, -0.1) is 0 Å². The van der Waals surface area contributed by atoms with E-state index >= 15 is 0 Å². The van der Waals surface area contributed by atoms with Crippen LogP contribution in [-0.4, -0.2) is 0 Å². The van der Waals surface area contributed by atoms with Crippen LogP contribution in [0.15, 0.2) is 18.2 Å². The molecule has 0 atom stereocenters. The molecule has 0 heterocycles. The van der Waals surface area contributed by atoms with E-state index in [9.17, 15) is 18.3 Å². The number of benzene rings is 1. The molecule has 0 amide bonds. The molecule has 2 nitrogen and oxygen atoms in total. The number of nitrogens with zero attached hydrogens (tertiary/aromatic N) is 1. The predicted molar refractivity (Wildman–Crippen MR) is 40.5 cm³/mol. The summed E-state index contributed by atoms with van der Waals surface area (Å²) >= 11 is 0. The van der Waals surface area contributed by atoms with Crippen LogP contribution in [0.1, 0.15) is 16.7 Å². The number of rotatable bonds is 1. The summed E-state index contributed by atoms with van der Waals surface area (Å²) in [5.41, 5.74) is -1.13. The van der Waals surface area contributed by atoms with Gasteiger partial charge in [0.15, 0.2) is 0 Å². The van der Waals surface area contributed by atoms with Gasteiger partial charge in [-0.1, -0.05) is 0 Å². The van der Waals surface area contributed by atoms with Crippen LogP contribution in [0.4, 0.5) is 13.2 Å². The maximum atomic E-state index is 12.2. The van der Waals surface area contributed by atoms with Gasteiger partial charge < -0.3 is 0 Å². The Labute approximate surface area is 78.2 Å². The largest absolute Gasteiger partial charge is 0.416 e. The van der Waals surface area contributed by atoms with Crippen LogP contribution in [0.2, 0.25) is 0 Å². The highest BCUT2D eigenvalue weighted by atomic mass is 19.4. The van der Waals surface area contributed by atoms with Gasteiger partial charge in [0.1, 0.15) is 6.61 Å². The third-order valence-electron chi connectivity index (χ3n) is 1.62. The Kier molecular flexibility index (Phi) is 2.77. The first kappa shape index (κ1) is 10.5. The minimum absolute atomic E-state index is 0.0311. The second kappa shape index (κ2) is 3.68. The molecule has 1 aromatic carbocycles. The van der Waals surface area contributed by atoms with Crippen LogP contribution < -0.4 is 0 Å². The number of hydrogen-bond donors (Lipinski definition) is 0. The highest BCUT2D eigenvalue weighted by Crippen LogP contribution is 2.30. The molecule has 0 aromatic heterocycles. The van der Waals surface area contributed by atoms with Gasteiger partial charge in [0.05, 0.1) is 17.2 Å². The standard InChI is InChI=1S/C9H5F3NO/c10-9(11,12)8-2-6(4-13)1-7(3-8)5-14/h1-3H,5H2. The zero-order chi connectivity index (χ0) is 10.8. The molecule has 0 aliphatic carbocycles. The minimum atomic E-state index is -4.52. The van der Waals surface area contributed by atoms with Crippen LogP contribution in [0.5, 0.6) is 0 Å². The smallest absolute Gasteiger partial charge is 0.232 e. The van der Waals surface area contributed by atoms with Crippen molar-refractivity contribution in [3.05, 3.63) is 34.9 Å².